The molecule has 0 unspecified atom stereocenters. The van der Waals surface area contributed by atoms with Crippen LogP contribution in [0.1, 0.15) is 55.4 Å². The van der Waals surface area contributed by atoms with E-state index in [1.165, 1.54) is 0 Å². The van der Waals surface area contributed by atoms with Crippen molar-refractivity contribution in [3.05, 3.63) is 0 Å². The molecule has 0 rings (SSSR count). The Labute approximate surface area is 177 Å². The lowest BCUT2D eigenvalue weighted by Gasteiger charge is -2.29. The molecule has 0 bridgehead atoms. The molecule has 0 radical (unpaired) electrons. The molecule has 7 nitrogen and oxygen atoms in total. The number of amides is 1. The highest BCUT2D eigenvalue weighted by Gasteiger charge is 2.15. The molecule has 0 aromatic rings. The van der Waals surface area contributed by atoms with Crippen molar-refractivity contribution < 1.29 is 9.53 Å². The van der Waals surface area contributed by atoms with E-state index >= 15 is 0 Å². The van der Waals surface area contributed by atoms with Gasteiger partial charge in [0.15, 0.2) is 5.96 Å². The maximum Gasteiger partial charge on any atom is 0.407 e. The number of carbonyl (C=O) groups is 1. The molecule has 156 valence electrons. The van der Waals surface area contributed by atoms with Crippen LogP contribution in [-0.2, 0) is 4.74 Å². The second-order valence-corrected chi connectivity index (χ2v) is 7.54. The number of alkyl carbamates (subject to hydrolysis) is 1. The summed E-state index contributed by atoms with van der Waals surface area (Å²) in [6.45, 7) is 19.9. The largest absolute Gasteiger partial charge is 0.444 e. The summed E-state index contributed by atoms with van der Waals surface area (Å²) in [5.41, 5.74) is -0.480. The highest BCUT2D eigenvalue weighted by atomic mass is 127. The van der Waals surface area contributed by atoms with E-state index in [0.29, 0.717) is 25.2 Å². The first-order valence-electron chi connectivity index (χ1n) is 9.31. The summed E-state index contributed by atoms with van der Waals surface area (Å²) in [6.07, 6.45) is -0.402. The molecular weight excluding hydrogens is 445 g/mol. The van der Waals surface area contributed by atoms with Crippen molar-refractivity contribution >= 4 is 36.0 Å². The first-order valence-corrected chi connectivity index (χ1v) is 9.31. The van der Waals surface area contributed by atoms with Gasteiger partial charge < -0.3 is 20.7 Å². The molecule has 8 heteroatoms. The van der Waals surface area contributed by atoms with E-state index < -0.39 is 11.7 Å². The van der Waals surface area contributed by atoms with Crippen LogP contribution in [0, 0.1) is 0 Å². The zero-order valence-electron chi connectivity index (χ0n) is 17.8. The lowest BCUT2D eigenvalue weighted by molar-refractivity contribution is 0.0529. The standard InChI is InChI=1S/C18H39N5O2.HI/c1-9-19-16(21-12-13-23(14(2)3)15(4)5)20-10-11-22-17(24)25-18(6,7)8;/h14-15H,9-13H2,1-8H3,(H,22,24)(H2,19,20,21);1H. The molecule has 0 aliphatic heterocycles. The summed E-state index contributed by atoms with van der Waals surface area (Å²) in [4.78, 5) is 18.6. The number of nitrogens with zero attached hydrogens (tertiary/aromatic N) is 2. The van der Waals surface area contributed by atoms with Gasteiger partial charge in [0.25, 0.3) is 0 Å². The normalized spacial score (nSPS) is 12.2. The van der Waals surface area contributed by atoms with Crippen LogP contribution in [-0.4, -0.2) is 67.4 Å². The highest BCUT2D eigenvalue weighted by molar-refractivity contribution is 14.0. The fourth-order valence-electron chi connectivity index (χ4n) is 2.39. The Kier molecular flexibility index (Phi) is 15.1. The van der Waals surface area contributed by atoms with Crippen molar-refractivity contribution in [3.63, 3.8) is 0 Å². The van der Waals surface area contributed by atoms with Gasteiger partial charge in [0.1, 0.15) is 5.60 Å². The van der Waals surface area contributed by atoms with Crippen molar-refractivity contribution in [2.75, 3.05) is 32.7 Å². The predicted octanol–water partition coefficient (Wildman–Crippen LogP) is 2.80. The molecule has 0 spiro atoms. The number of nitrogens with one attached hydrogen (secondary N) is 3. The molecule has 0 aromatic heterocycles. The number of halogens is 1. The van der Waals surface area contributed by atoms with Gasteiger partial charge in [0.05, 0.1) is 6.54 Å². The lowest BCUT2D eigenvalue weighted by Crippen LogP contribution is -2.43. The van der Waals surface area contributed by atoms with Gasteiger partial charge in [-0.15, -0.1) is 24.0 Å². The third kappa shape index (κ3) is 14.4. The molecule has 1 amide bonds. The molecule has 0 saturated carbocycles. The summed E-state index contributed by atoms with van der Waals surface area (Å²) >= 11 is 0. The fourth-order valence-corrected chi connectivity index (χ4v) is 2.39. The van der Waals surface area contributed by atoms with Crippen molar-refractivity contribution in [1.29, 1.82) is 0 Å². The Morgan fingerprint density at radius 3 is 2.04 bits per heavy atom. The van der Waals surface area contributed by atoms with E-state index in [-0.39, 0.29) is 24.0 Å². The molecular formula is C18H40IN5O2. The Bertz CT molecular complexity index is 401. The number of carbonyl (C=O) groups excluding carboxylic acids is 1. The van der Waals surface area contributed by atoms with Gasteiger partial charge in [-0.2, -0.15) is 0 Å². The molecule has 0 heterocycles. The maximum absolute atomic E-state index is 11.6. The van der Waals surface area contributed by atoms with Crippen LogP contribution in [0.25, 0.3) is 0 Å². The minimum Gasteiger partial charge on any atom is -0.444 e. The van der Waals surface area contributed by atoms with Crippen LogP contribution in [0.2, 0.25) is 0 Å². The molecule has 0 atom stereocenters. The van der Waals surface area contributed by atoms with Gasteiger partial charge in [-0.05, 0) is 55.4 Å². The molecule has 0 fully saturated rings. The van der Waals surface area contributed by atoms with Gasteiger partial charge in [0, 0.05) is 38.3 Å². The van der Waals surface area contributed by atoms with Crippen molar-refractivity contribution in [1.82, 2.24) is 20.9 Å². The zero-order chi connectivity index (χ0) is 19.5. The van der Waals surface area contributed by atoms with Gasteiger partial charge in [-0.25, -0.2) is 4.79 Å². The molecule has 0 saturated heterocycles. The Balaban J connectivity index is 0. The third-order valence-corrected chi connectivity index (χ3v) is 3.38. The molecule has 26 heavy (non-hydrogen) atoms. The summed E-state index contributed by atoms with van der Waals surface area (Å²) in [5, 5.41) is 9.16. The van der Waals surface area contributed by atoms with E-state index in [9.17, 15) is 4.79 Å². The first kappa shape index (κ1) is 27.4. The predicted molar refractivity (Wildman–Crippen MR) is 121 cm³/mol. The molecule has 0 aromatic carbocycles. The van der Waals surface area contributed by atoms with E-state index in [1.54, 1.807) is 0 Å². The van der Waals surface area contributed by atoms with E-state index in [1.807, 2.05) is 27.7 Å². The van der Waals surface area contributed by atoms with E-state index in [2.05, 4.69) is 53.5 Å². The zero-order valence-corrected chi connectivity index (χ0v) is 20.1. The quantitative estimate of drug-likeness (QED) is 0.203. The minimum absolute atomic E-state index is 0. The topological polar surface area (TPSA) is 78.0 Å². The van der Waals surface area contributed by atoms with Crippen LogP contribution < -0.4 is 16.0 Å². The number of guanidine groups is 1. The first-order chi connectivity index (χ1) is 11.6. The number of ether oxygens (including phenoxy) is 1. The highest BCUT2D eigenvalue weighted by Crippen LogP contribution is 2.06. The molecule has 0 aliphatic carbocycles. The Morgan fingerprint density at radius 2 is 1.58 bits per heavy atom. The van der Waals surface area contributed by atoms with Crippen LogP contribution >= 0.6 is 24.0 Å². The number of rotatable bonds is 9. The van der Waals surface area contributed by atoms with Gasteiger partial charge in [-0.3, -0.25) is 9.89 Å². The third-order valence-electron chi connectivity index (χ3n) is 3.38. The summed E-state index contributed by atoms with van der Waals surface area (Å²) in [6, 6.07) is 1.01. The summed E-state index contributed by atoms with van der Waals surface area (Å²) < 4.78 is 5.20. The van der Waals surface area contributed by atoms with Gasteiger partial charge in [-0.1, -0.05) is 0 Å². The van der Waals surface area contributed by atoms with Gasteiger partial charge >= 0.3 is 6.09 Å². The minimum atomic E-state index is -0.480. The maximum atomic E-state index is 11.6. The number of hydrogen-bond donors (Lipinski definition) is 3. The lowest BCUT2D eigenvalue weighted by atomic mass is 10.2. The van der Waals surface area contributed by atoms with E-state index in [0.717, 1.165) is 25.6 Å². The van der Waals surface area contributed by atoms with Gasteiger partial charge in [0.2, 0.25) is 0 Å². The summed E-state index contributed by atoms with van der Waals surface area (Å²) in [5.74, 6) is 0.765. The molecule has 0 aliphatic rings. The average molecular weight is 485 g/mol. The average Bonchev–Trinajstić information content (AvgIpc) is 2.45. The molecule has 3 N–H and O–H groups in total. The SMILES string of the molecule is CCNC(=NCCN(C(C)C)C(C)C)NCCNC(=O)OC(C)(C)C.I. The number of hydrogen-bond acceptors (Lipinski definition) is 4. The Morgan fingerprint density at radius 1 is 1.04 bits per heavy atom. The number of aliphatic imine (C=N–C) groups is 1. The van der Waals surface area contributed by atoms with Crippen molar-refractivity contribution in [2.24, 2.45) is 4.99 Å². The smallest absolute Gasteiger partial charge is 0.407 e. The monoisotopic (exact) mass is 485 g/mol. The van der Waals surface area contributed by atoms with E-state index in [4.69, 9.17) is 4.74 Å². The second kappa shape index (κ2) is 14.3. The van der Waals surface area contributed by atoms with Crippen molar-refractivity contribution in [3.8, 4) is 0 Å². The van der Waals surface area contributed by atoms with Crippen molar-refractivity contribution in [2.45, 2.75) is 73.1 Å². The van der Waals surface area contributed by atoms with Crippen LogP contribution in [0.3, 0.4) is 0 Å². The Hall–Kier alpha value is -0.770. The fraction of sp³-hybridized carbons (Fsp3) is 0.889. The van der Waals surface area contributed by atoms with Crippen LogP contribution in [0.4, 0.5) is 4.79 Å². The summed E-state index contributed by atoms with van der Waals surface area (Å²) in [7, 11) is 0. The second-order valence-electron chi connectivity index (χ2n) is 7.54. The van der Waals surface area contributed by atoms with Crippen LogP contribution in [0.15, 0.2) is 4.99 Å². The van der Waals surface area contributed by atoms with Crippen LogP contribution in [0.5, 0.6) is 0 Å².